The maximum Gasteiger partial charge on any atom is 0.309 e. The molecule has 3 fully saturated rings. The summed E-state index contributed by atoms with van der Waals surface area (Å²) in [5.41, 5.74) is -2.13. The third-order valence-corrected chi connectivity index (χ3v) is 12.6. The second-order valence-electron chi connectivity index (χ2n) is 17.0. The van der Waals surface area contributed by atoms with Gasteiger partial charge in [0.15, 0.2) is 0 Å². The lowest BCUT2D eigenvalue weighted by molar-refractivity contribution is -0.261. The second kappa shape index (κ2) is 17.6. The minimum atomic E-state index is -4.35. The predicted octanol–water partition coefficient (Wildman–Crippen LogP) is 3.29. The summed E-state index contributed by atoms with van der Waals surface area (Å²) in [6.07, 6.45) is -0.0272. The van der Waals surface area contributed by atoms with E-state index in [0.717, 1.165) is 10.5 Å². The predicted molar refractivity (Wildman–Crippen MR) is 233 cm³/mol. The van der Waals surface area contributed by atoms with Gasteiger partial charge in [0.05, 0.1) is 29.8 Å². The Morgan fingerprint density at radius 1 is 1.05 bits per heavy atom. The van der Waals surface area contributed by atoms with Crippen LogP contribution in [0.3, 0.4) is 0 Å². The van der Waals surface area contributed by atoms with Gasteiger partial charge in [-0.1, -0.05) is 75.4 Å². The number of aromatic nitrogens is 1. The van der Waals surface area contributed by atoms with E-state index in [1.807, 2.05) is 30.3 Å². The third-order valence-electron chi connectivity index (χ3n) is 11.3. The summed E-state index contributed by atoms with van der Waals surface area (Å²) >= 11 is 0. The highest BCUT2D eigenvalue weighted by atomic mass is 32.2. The number of hydrogen-bond acceptors (Lipinski definition) is 12. The van der Waals surface area contributed by atoms with Gasteiger partial charge in [0, 0.05) is 60.4 Å². The number of carbonyl (C=O) groups excluding carboxylic acids is 4. The SMILES string of the molecule is [C-]#[N+]C1(C(=O)NC[C@H](N=C([O-])OC(C)(C)C)C(=O)N2C[C@H](Oc3cc(-c4ccccc4)nc4cc(OC)ccc34)C[C@H]2C(=O)N[C@]2(C(=O)NS(=O)(=O)c3ccccc3)C[C@H]2C=C)CC1. The van der Waals surface area contributed by atoms with Crippen LogP contribution in [0, 0.1) is 12.5 Å². The summed E-state index contributed by atoms with van der Waals surface area (Å²) in [4.78, 5) is 69.8. The molecule has 0 radical (unpaired) electrons. The Morgan fingerprint density at radius 3 is 2.34 bits per heavy atom. The molecule has 0 spiro atoms. The van der Waals surface area contributed by atoms with Gasteiger partial charge >= 0.3 is 11.4 Å². The summed E-state index contributed by atoms with van der Waals surface area (Å²) in [6, 6.07) is 20.7. The molecule has 17 nitrogen and oxygen atoms in total. The van der Waals surface area contributed by atoms with Crippen LogP contribution in [0.15, 0.2) is 107 Å². The molecule has 7 rings (SSSR count). The maximum absolute atomic E-state index is 14.8. The van der Waals surface area contributed by atoms with Gasteiger partial charge in [-0.25, -0.2) is 24.7 Å². The van der Waals surface area contributed by atoms with Crippen LogP contribution in [-0.2, 0) is 33.9 Å². The topological polar surface area (TPSA) is 222 Å². The molecule has 0 bridgehead atoms. The number of hydrogen-bond donors (Lipinski definition) is 3. The number of methoxy groups -OCH3 is 1. The van der Waals surface area contributed by atoms with E-state index in [2.05, 4.69) is 31.8 Å². The van der Waals surface area contributed by atoms with Gasteiger partial charge in [0.25, 0.3) is 15.9 Å². The van der Waals surface area contributed by atoms with Gasteiger partial charge < -0.3 is 34.9 Å². The molecular formula is C46H48N7O10S-. The summed E-state index contributed by atoms with van der Waals surface area (Å²) in [6.45, 7) is 15.4. The van der Waals surface area contributed by atoms with E-state index in [1.54, 1.807) is 51.1 Å². The monoisotopic (exact) mass is 890 g/mol. The van der Waals surface area contributed by atoms with Crippen molar-refractivity contribution in [2.24, 2.45) is 10.9 Å². The van der Waals surface area contributed by atoms with Crippen molar-refractivity contribution >= 4 is 50.6 Å². The second-order valence-corrected chi connectivity index (χ2v) is 18.7. The van der Waals surface area contributed by atoms with Gasteiger partial charge in [-0.05, 0) is 30.7 Å². The molecule has 334 valence electrons. The quantitative estimate of drug-likeness (QED) is 0.0680. The number of aliphatic imine (C=N–C) groups is 1. The van der Waals surface area contributed by atoms with E-state index in [0.29, 0.717) is 40.9 Å². The van der Waals surface area contributed by atoms with Crippen molar-refractivity contribution in [3.63, 3.8) is 0 Å². The fraction of sp³-hybridized carbons (Fsp3) is 0.370. The van der Waals surface area contributed by atoms with Crippen LogP contribution in [0.4, 0.5) is 0 Å². The van der Waals surface area contributed by atoms with Crippen LogP contribution in [0.1, 0.15) is 46.5 Å². The first kappa shape index (κ1) is 45.0. The lowest BCUT2D eigenvalue weighted by Gasteiger charge is -2.31. The van der Waals surface area contributed by atoms with Crippen LogP contribution in [0.5, 0.6) is 11.5 Å². The number of nitrogens with zero attached hydrogens (tertiary/aromatic N) is 4. The van der Waals surface area contributed by atoms with E-state index in [4.69, 9.17) is 25.8 Å². The van der Waals surface area contributed by atoms with E-state index in [9.17, 15) is 32.7 Å². The standard InChI is InChI=1S/C46H49N7O10S/c1-7-29-25-46(29,42(57)52-64(59,60)32-16-12-9-13-17-32)51-39(54)37-23-31(62-38-24-34(28-14-10-8-11-15-28)49-35-22-30(61-6)18-19-33(35)38)27-53(37)40(55)36(50-43(58)63-44(2,3)4)26-48-41(56)45(47-5)20-21-45/h7-19,22,24,29,31,36-37H,1,20-21,23,25-27H2,2-4,6H3,(H,48,56)(H,50,58)(H,51,54)(H,52,57)/p-1/t29-,31-,36+,37+,46-/m1/s1. The van der Waals surface area contributed by atoms with Gasteiger partial charge in [0.1, 0.15) is 41.3 Å². The first-order valence-corrected chi connectivity index (χ1v) is 22.1. The lowest BCUT2D eigenvalue weighted by Crippen LogP contribution is -2.57. The smallest absolute Gasteiger partial charge is 0.309 e. The Bertz CT molecular complexity index is 2660. The number of rotatable bonds is 15. The van der Waals surface area contributed by atoms with Crippen molar-refractivity contribution in [1.29, 1.82) is 0 Å². The van der Waals surface area contributed by atoms with E-state index in [1.165, 1.54) is 37.5 Å². The fourth-order valence-electron chi connectivity index (χ4n) is 7.58. The number of benzene rings is 3. The van der Waals surface area contributed by atoms with Crippen molar-refractivity contribution in [3.8, 4) is 22.8 Å². The minimum absolute atomic E-state index is 0.0130. The number of sulfonamides is 1. The van der Waals surface area contributed by atoms with Crippen LogP contribution < -0.4 is 29.9 Å². The summed E-state index contributed by atoms with van der Waals surface area (Å²) in [5.74, 6) is -3.06. The number of nitrogens with one attached hydrogen (secondary N) is 3. The van der Waals surface area contributed by atoms with Gasteiger partial charge in [-0.2, -0.15) is 0 Å². The third kappa shape index (κ3) is 9.64. The van der Waals surface area contributed by atoms with Gasteiger partial charge in [0.2, 0.25) is 11.8 Å². The first-order chi connectivity index (χ1) is 30.4. The van der Waals surface area contributed by atoms with Crippen molar-refractivity contribution in [2.45, 2.75) is 86.2 Å². The van der Waals surface area contributed by atoms with Crippen LogP contribution >= 0.6 is 0 Å². The largest absolute Gasteiger partial charge is 0.595 e. The molecule has 4 amide bonds. The Hall–Kier alpha value is -7.00. The van der Waals surface area contributed by atoms with Gasteiger partial charge in [-0.15, -0.1) is 6.58 Å². The molecule has 18 heteroatoms. The Labute approximate surface area is 370 Å². The molecule has 4 aromatic rings. The number of amides is 4. The summed E-state index contributed by atoms with van der Waals surface area (Å²) in [5, 5.41) is 19.1. The normalized spacial score (nSPS) is 21.7. The lowest BCUT2D eigenvalue weighted by atomic mass is 10.1. The van der Waals surface area contributed by atoms with E-state index < -0.39 is 87.1 Å². The molecule has 1 aromatic heterocycles. The van der Waals surface area contributed by atoms with E-state index >= 15 is 0 Å². The highest BCUT2D eigenvalue weighted by Gasteiger charge is 2.62. The molecule has 1 aliphatic heterocycles. The summed E-state index contributed by atoms with van der Waals surface area (Å²) < 4.78 is 46.1. The van der Waals surface area contributed by atoms with Crippen molar-refractivity contribution in [1.82, 2.24) is 25.2 Å². The fourth-order valence-corrected chi connectivity index (χ4v) is 8.64. The van der Waals surface area contributed by atoms with Crippen LogP contribution in [0.25, 0.3) is 27.0 Å². The molecule has 1 saturated heterocycles. The van der Waals surface area contributed by atoms with Crippen LogP contribution in [0.2, 0.25) is 0 Å². The molecule has 0 unspecified atom stereocenters. The highest BCUT2D eigenvalue weighted by molar-refractivity contribution is 7.90. The Kier molecular flexibility index (Phi) is 12.4. The molecule has 2 saturated carbocycles. The molecule has 2 aliphatic carbocycles. The van der Waals surface area contributed by atoms with Crippen LogP contribution in [-0.4, -0.2) is 103 Å². The molecule has 64 heavy (non-hydrogen) atoms. The maximum atomic E-state index is 14.8. The number of ether oxygens (including phenoxy) is 3. The highest BCUT2D eigenvalue weighted by Crippen LogP contribution is 2.45. The van der Waals surface area contributed by atoms with Crippen molar-refractivity contribution in [3.05, 3.63) is 109 Å². The number of likely N-dealkylation sites (tertiary alicyclic amines) is 1. The zero-order valence-corrected chi connectivity index (χ0v) is 36.5. The molecule has 5 atom stereocenters. The molecule has 2 heterocycles. The average Bonchev–Trinajstić information content (AvgIpc) is 4.18. The zero-order chi connectivity index (χ0) is 46.0. The van der Waals surface area contributed by atoms with Crippen molar-refractivity contribution < 1.29 is 46.9 Å². The van der Waals surface area contributed by atoms with Crippen molar-refractivity contribution in [2.75, 3.05) is 20.2 Å². The Morgan fingerprint density at radius 2 is 1.73 bits per heavy atom. The number of fused-ring (bicyclic) bond motifs is 1. The molecule has 3 aromatic carbocycles. The Balaban J connectivity index is 1.24. The van der Waals surface area contributed by atoms with E-state index in [-0.39, 0.29) is 24.3 Å². The number of pyridine rings is 1. The van der Waals surface area contributed by atoms with Gasteiger partial charge in [-0.3, -0.25) is 29.0 Å². The number of carbonyl (C=O) groups is 4. The minimum Gasteiger partial charge on any atom is -0.595 e. The molecular weight excluding hydrogens is 843 g/mol. The molecule has 3 aliphatic rings. The zero-order valence-electron chi connectivity index (χ0n) is 35.7. The average molecular weight is 891 g/mol. The molecule has 3 N–H and O–H groups in total. The summed E-state index contributed by atoms with van der Waals surface area (Å²) in [7, 11) is -2.82. The first-order valence-electron chi connectivity index (χ1n) is 20.6.